The summed E-state index contributed by atoms with van der Waals surface area (Å²) in [5.41, 5.74) is 2.00. The van der Waals surface area contributed by atoms with E-state index in [1.807, 2.05) is 24.3 Å². The number of nitrogens with zero attached hydrogens (tertiary/aromatic N) is 2. The largest absolute Gasteiger partial charge is 0.503 e. The summed E-state index contributed by atoms with van der Waals surface area (Å²) in [6.45, 7) is 13.3. The summed E-state index contributed by atoms with van der Waals surface area (Å²) in [5.74, 6) is -1.37. The van der Waals surface area contributed by atoms with Crippen LogP contribution in [0.25, 0.3) is 0 Å². The summed E-state index contributed by atoms with van der Waals surface area (Å²) in [6, 6.07) is 10.4. The van der Waals surface area contributed by atoms with Gasteiger partial charge in [0.25, 0.3) is 5.91 Å². The van der Waals surface area contributed by atoms with Crippen LogP contribution < -0.4 is 0 Å². The average Bonchev–Trinajstić information content (AvgIpc) is 3.36. The van der Waals surface area contributed by atoms with Crippen molar-refractivity contribution >= 4 is 11.7 Å². The second kappa shape index (κ2) is 9.10. The fourth-order valence-electron chi connectivity index (χ4n) is 3.96. The molecule has 3 rings (SSSR count). The smallest absolute Gasteiger partial charge is 0.290 e. The van der Waals surface area contributed by atoms with E-state index in [4.69, 9.17) is 4.42 Å². The SMILES string of the molecule is CCN(CC)CCN1C(=O)C(O)=C(C(=O)c2ccco2)C1c1ccc(C(C)(C)C)cc1. The van der Waals surface area contributed by atoms with E-state index < -0.39 is 23.5 Å². The molecule has 6 nitrogen and oxygen atoms in total. The highest BCUT2D eigenvalue weighted by Crippen LogP contribution is 2.39. The number of aliphatic hydroxyl groups is 1. The molecule has 6 heteroatoms. The molecule has 0 spiro atoms. The third kappa shape index (κ3) is 4.59. The van der Waals surface area contributed by atoms with Gasteiger partial charge in [0, 0.05) is 13.1 Å². The topological polar surface area (TPSA) is 74.0 Å². The van der Waals surface area contributed by atoms with Crippen molar-refractivity contribution in [2.75, 3.05) is 26.2 Å². The normalized spacial score (nSPS) is 17.2. The zero-order valence-electron chi connectivity index (χ0n) is 19.0. The van der Waals surface area contributed by atoms with Crippen LogP contribution in [-0.2, 0) is 10.2 Å². The molecule has 0 radical (unpaired) electrons. The Bertz CT molecular complexity index is 948. The molecule has 1 N–H and O–H groups in total. The van der Waals surface area contributed by atoms with Crippen molar-refractivity contribution < 1.29 is 19.1 Å². The van der Waals surface area contributed by atoms with E-state index in [2.05, 4.69) is 39.5 Å². The van der Waals surface area contributed by atoms with Crippen molar-refractivity contribution in [3.63, 3.8) is 0 Å². The van der Waals surface area contributed by atoms with Gasteiger partial charge in [0.05, 0.1) is 17.9 Å². The van der Waals surface area contributed by atoms with E-state index in [0.717, 1.165) is 24.2 Å². The van der Waals surface area contributed by atoms with Crippen LogP contribution >= 0.6 is 0 Å². The number of benzene rings is 1. The zero-order valence-corrected chi connectivity index (χ0v) is 19.0. The van der Waals surface area contributed by atoms with Gasteiger partial charge in [0.1, 0.15) is 0 Å². The highest BCUT2D eigenvalue weighted by atomic mass is 16.3. The van der Waals surface area contributed by atoms with Crippen molar-refractivity contribution in [3.8, 4) is 0 Å². The highest BCUT2D eigenvalue weighted by Gasteiger charge is 2.44. The van der Waals surface area contributed by atoms with Crippen molar-refractivity contribution in [1.29, 1.82) is 0 Å². The van der Waals surface area contributed by atoms with Crippen molar-refractivity contribution in [2.24, 2.45) is 0 Å². The molecule has 0 fully saturated rings. The van der Waals surface area contributed by atoms with E-state index in [0.29, 0.717) is 13.1 Å². The summed E-state index contributed by atoms with van der Waals surface area (Å²) >= 11 is 0. The van der Waals surface area contributed by atoms with Crippen molar-refractivity contribution in [2.45, 2.75) is 46.1 Å². The van der Waals surface area contributed by atoms with Gasteiger partial charge in [0.2, 0.25) is 5.78 Å². The maximum Gasteiger partial charge on any atom is 0.290 e. The molecule has 1 unspecified atom stereocenters. The maximum absolute atomic E-state index is 13.2. The molecular weight excluding hydrogens is 392 g/mol. The van der Waals surface area contributed by atoms with Gasteiger partial charge in [-0.15, -0.1) is 0 Å². The fourth-order valence-corrected chi connectivity index (χ4v) is 3.96. The minimum atomic E-state index is -0.658. The number of aliphatic hydroxyl groups excluding tert-OH is 1. The Balaban J connectivity index is 2.02. The number of likely N-dealkylation sites (N-methyl/N-ethyl adjacent to an activating group) is 1. The predicted octanol–water partition coefficient (Wildman–Crippen LogP) is 4.50. The van der Waals surface area contributed by atoms with Gasteiger partial charge in [-0.2, -0.15) is 0 Å². The highest BCUT2D eigenvalue weighted by molar-refractivity contribution is 6.15. The van der Waals surface area contributed by atoms with Crippen LogP contribution in [0.4, 0.5) is 0 Å². The third-order valence-electron chi connectivity index (χ3n) is 5.94. The number of hydrogen-bond donors (Lipinski definition) is 1. The number of amides is 1. The second-order valence-electron chi connectivity index (χ2n) is 8.87. The van der Waals surface area contributed by atoms with E-state index >= 15 is 0 Å². The molecular formula is C25H32N2O4. The Kier molecular flexibility index (Phi) is 6.70. The number of carbonyl (C=O) groups is 2. The summed E-state index contributed by atoms with van der Waals surface area (Å²) in [5, 5.41) is 10.7. The number of rotatable bonds is 8. The monoisotopic (exact) mass is 424 g/mol. The molecule has 2 aromatic rings. The fraction of sp³-hybridized carbons (Fsp3) is 0.440. The summed E-state index contributed by atoms with van der Waals surface area (Å²) in [4.78, 5) is 30.0. The van der Waals surface area contributed by atoms with E-state index in [9.17, 15) is 14.7 Å². The molecule has 31 heavy (non-hydrogen) atoms. The molecule has 1 amide bonds. The van der Waals surface area contributed by atoms with Crippen LogP contribution in [0.2, 0.25) is 0 Å². The molecule has 1 atom stereocenters. The molecule has 1 aliphatic rings. The first-order chi connectivity index (χ1) is 14.7. The van der Waals surface area contributed by atoms with Gasteiger partial charge in [-0.05, 0) is 41.8 Å². The number of furan rings is 1. The van der Waals surface area contributed by atoms with Crippen LogP contribution in [0.3, 0.4) is 0 Å². The molecule has 0 saturated heterocycles. The molecule has 1 aromatic heterocycles. The van der Waals surface area contributed by atoms with Crippen LogP contribution in [0.5, 0.6) is 0 Å². The summed E-state index contributed by atoms with van der Waals surface area (Å²) < 4.78 is 5.27. The van der Waals surface area contributed by atoms with Crippen LogP contribution in [0, 0.1) is 0 Å². The number of hydrogen-bond acceptors (Lipinski definition) is 5. The molecule has 0 saturated carbocycles. The van der Waals surface area contributed by atoms with Crippen molar-refractivity contribution in [3.05, 3.63) is 70.9 Å². The molecule has 1 aliphatic heterocycles. The predicted molar refractivity (Wildman–Crippen MR) is 120 cm³/mol. The van der Waals surface area contributed by atoms with E-state index in [1.165, 1.54) is 6.26 Å². The Morgan fingerprint density at radius 2 is 1.77 bits per heavy atom. The summed E-state index contributed by atoms with van der Waals surface area (Å²) in [6.07, 6.45) is 1.41. The Morgan fingerprint density at radius 1 is 1.13 bits per heavy atom. The quantitative estimate of drug-likeness (QED) is 0.632. The Morgan fingerprint density at radius 3 is 2.29 bits per heavy atom. The molecule has 166 valence electrons. The lowest BCUT2D eigenvalue weighted by molar-refractivity contribution is -0.129. The molecule has 0 aliphatic carbocycles. The standard InChI is InChI=1S/C25H32N2O4/c1-6-26(7-2)14-15-27-21(17-10-12-18(13-11-17)25(3,4)5)20(23(29)24(27)30)22(28)19-9-8-16-31-19/h8-13,16,21,29H,6-7,14-15H2,1-5H3. The van der Waals surface area contributed by atoms with Gasteiger partial charge >= 0.3 is 0 Å². The molecule has 0 bridgehead atoms. The van der Waals surface area contributed by atoms with Gasteiger partial charge in [0.15, 0.2) is 11.5 Å². The maximum atomic E-state index is 13.2. The Hall–Kier alpha value is -2.86. The minimum Gasteiger partial charge on any atom is -0.503 e. The van der Waals surface area contributed by atoms with Gasteiger partial charge in [-0.1, -0.05) is 58.9 Å². The van der Waals surface area contributed by atoms with Gasteiger partial charge in [-0.3, -0.25) is 9.59 Å². The number of carbonyl (C=O) groups excluding carboxylic acids is 2. The van der Waals surface area contributed by atoms with E-state index in [1.54, 1.807) is 17.0 Å². The minimum absolute atomic E-state index is 0.0166. The lowest BCUT2D eigenvalue weighted by Gasteiger charge is -2.29. The molecule has 1 aromatic carbocycles. The Labute approximate surface area is 184 Å². The second-order valence-corrected chi connectivity index (χ2v) is 8.87. The molecule has 2 heterocycles. The van der Waals surface area contributed by atoms with Crippen LogP contribution in [0.1, 0.15) is 62.3 Å². The van der Waals surface area contributed by atoms with Crippen LogP contribution in [-0.4, -0.2) is 52.8 Å². The number of Topliss-reactive ketones (excluding diaryl/α,β-unsaturated/α-hetero) is 1. The van der Waals surface area contributed by atoms with Gasteiger partial charge in [-0.25, -0.2) is 0 Å². The van der Waals surface area contributed by atoms with E-state index in [-0.39, 0.29) is 16.7 Å². The average molecular weight is 425 g/mol. The number of ketones is 1. The first-order valence-corrected chi connectivity index (χ1v) is 10.8. The van der Waals surface area contributed by atoms with Gasteiger partial charge < -0.3 is 19.3 Å². The third-order valence-corrected chi connectivity index (χ3v) is 5.94. The zero-order chi connectivity index (χ0) is 22.8. The lowest BCUT2D eigenvalue weighted by Crippen LogP contribution is -2.38. The lowest BCUT2D eigenvalue weighted by atomic mass is 9.85. The first kappa shape index (κ1) is 22.8. The summed E-state index contributed by atoms with van der Waals surface area (Å²) in [7, 11) is 0. The van der Waals surface area contributed by atoms with Crippen molar-refractivity contribution in [1.82, 2.24) is 9.80 Å². The first-order valence-electron chi connectivity index (χ1n) is 10.8. The van der Waals surface area contributed by atoms with Crippen LogP contribution in [0.15, 0.2) is 58.4 Å².